The highest BCUT2D eigenvalue weighted by atomic mass is 16.5. The van der Waals surface area contributed by atoms with E-state index in [0.29, 0.717) is 24.2 Å². The van der Waals surface area contributed by atoms with Gasteiger partial charge in [-0.05, 0) is 18.6 Å². The molecule has 0 aromatic carbocycles. The lowest BCUT2D eigenvalue weighted by Gasteiger charge is -2.05. The summed E-state index contributed by atoms with van der Waals surface area (Å²) in [5.74, 6) is -0.425. The molecular weight excluding hydrogens is 220 g/mol. The quantitative estimate of drug-likeness (QED) is 0.782. The van der Waals surface area contributed by atoms with Crippen molar-refractivity contribution in [2.24, 2.45) is 0 Å². The predicted molar refractivity (Wildman–Crippen MR) is 62.3 cm³/mol. The van der Waals surface area contributed by atoms with Crippen LogP contribution in [0.1, 0.15) is 35.8 Å². The summed E-state index contributed by atoms with van der Waals surface area (Å²) >= 11 is 0. The highest BCUT2D eigenvalue weighted by Crippen LogP contribution is 2.03. The predicted octanol–water partition coefficient (Wildman–Crippen LogP) is 1.28. The minimum Gasteiger partial charge on any atom is -0.465 e. The van der Waals surface area contributed by atoms with Crippen molar-refractivity contribution in [1.29, 1.82) is 0 Å². The standard InChI is InChI=1S/C12H16N2O3/c1-3-4-11(15)14-8-10-7-9(5-6-13-10)12(16)17-2/h5-7H,3-4,8H2,1-2H3,(H,14,15). The highest BCUT2D eigenvalue weighted by Gasteiger charge is 2.07. The van der Waals surface area contributed by atoms with Crippen molar-refractivity contribution in [2.75, 3.05) is 7.11 Å². The maximum Gasteiger partial charge on any atom is 0.337 e. The summed E-state index contributed by atoms with van der Waals surface area (Å²) in [6, 6.07) is 3.18. The van der Waals surface area contributed by atoms with Crippen LogP contribution in [0.5, 0.6) is 0 Å². The number of amides is 1. The second-order valence-electron chi connectivity index (χ2n) is 3.55. The number of pyridine rings is 1. The number of hydrogen-bond acceptors (Lipinski definition) is 4. The van der Waals surface area contributed by atoms with Crippen LogP contribution in [-0.2, 0) is 16.1 Å². The molecule has 0 aliphatic rings. The Morgan fingerprint density at radius 1 is 1.47 bits per heavy atom. The van der Waals surface area contributed by atoms with Crippen molar-refractivity contribution in [3.63, 3.8) is 0 Å². The molecule has 0 radical (unpaired) electrons. The molecule has 1 aromatic rings. The lowest BCUT2D eigenvalue weighted by molar-refractivity contribution is -0.121. The number of carbonyl (C=O) groups excluding carboxylic acids is 2. The van der Waals surface area contributed by atoms with Crippen molar-refractivity contribution in [3.05, 3.63) is 29.6 Å². The minimum absolute atomic E-state index is 0.0160. The summed E-state index contributed by atoms with van der Waals surface area (Å²) in [6.07, 6.45) is 2.83. The molecule has 92 valence electrons. The monoisotopic (exact) mass is 236 g/mol. The first-order valence-electron chi connectivity index (χ1n) is 5.47. The number of ether oxygens (including phenoxy) is 1. The number of methoxy groups -OCH3 is 1. The van der Waals surface area contributed by atoms with Gasteiger partial charge in [-0.15, -0.1) is 0 Å². The third kappa shape index (κ3) is 4.22. The van der Waals surface area contributed by atoms with Gasteiger partial charge in [0.25, 0.3) is 0 Å². The van der Waals surface area contributed by atoms with E-state index in [1.807, 2.05) is 6.92 Å². The maximum atomic E-state index is 11.3. The van der Waals surface area contributed by atoms with Gasteiger partial charge in [-0.3, -0.25) is 9.78 Å². The van der Waals surface area contributed by atoms with Gasteiger partial charge in [0.2, 0.25) is 5.91 Å². The molecule has 0 saturated carbocycles. The number of hydrogen-bond donors (Lipinski definition) is 1. The number of esters is 1. The van der Waals surface area contributed by atoms with Gasteiger partial charge < -0.3 is 10.1 Å². The van der Waals surface area contributed by atoms with Crippen molar-refractivity contribution < 1.29 is 14.3 Å². The molecule has 0 bridgehead atoms. The van der Waals surface area contributed by atoms with Crippen molar-refractivity contribution >= 4 is 11.9 Å². The average molecular weight is 236 g/mol. The lowest BCUT2D eigenvalue weighted by atomic mass is 10.2. The molecule has 17 heavy (non-hydrogen) atoms. The van der Waals surface area contributed by atoms with Crippen LogP contribution in [-0.4, -0.2) is 24.0 Å². The van der Waals surface area contributed by atoms with E-state index in [9.17, 15) is 9.59 Å². The van der Waals surface area contributed by atoms with Crippen LogP contribution >= 0.6 is 0 Å². The highest BCUT2D eigenvalue weighted by molar-refractivity contribution is 5.89. The summed E-state index contributed by atoms with van der Waals surface area (Å²) in [5.41, 5.74) is 1.07. The van der Waals surface area contributed by atoms with Gasteiger partial charge in [0, 0.05) is 12.6 Å². The fraction of sp³-hybridized carbons (Fsp3) is 0.417. The van der Waals surface area contributed by atoms with Gasteiger partial charge in [0.15, 0.2) is 0 Å². The van der Waals surface area contributed by atoms with E-state index in [0.717, 1.165) is 6.42 Å². The average Bonchev–Trinajstić information content (AvgIpc) is 2.36. The minimum atomic E-state index is -0.409. The summed E-state index contributed by atoms with van der Waals surface area (Å²) in [7, 11) is 1.32. The Morgan fingerprint density at radius 2 is 2.24 bits per heavy atom. The van der Waals surface area contributed by atoms with E-state index in [1.165, 1.54) is 13.3 Å². The molecule has 0 atom stereocenters. The molecule has 0 unspecified atom stereocenters. The fourth-order valence-electron chi connectivity index (χ4n) is 1.32. The zero-order valence-electron chi connectivity index (χ0n) is 10.0. The van der Waals surface area contributed by atoms with E-state index in [1.54, 1.807) is 12.1 Å². The summed E-state index contributed by atoms with van der Waals surface area (Å²) in [6.45, 7) is 2.26. The molecule has 1 aromatic heterocycles. The molecular formula is C12H16N2O3. The van der Waals surface area contributed by atoms with Crippen LogP contribution in [0.2, 0.25) is 0 Å². The molecule has 1 amide bonds. The van der Waals surface area contributed by atoms with Gasteiger partial charge in [0.1, 0.15) is 0 Å². The Kier molecular flexibility index (Phi) is 5.13. The second-order valence-corrected chi connectivity index (χ2v) is 3.55. The molecule has 5 heteroatoms. The third-order valence-corrected chi connectivity index (χ3v) is 2.18. The van der Waals surface area contributed by atoms with Crippen LogP contribution < -0.4 is 5.32 Å². The molecule has 0 spiro atoms. The van der Waals surface area contributed by atoms with Crippen LogP contribution in [0.4, 0.5) is 0 Å². The van der Waals surface area contributed by atoms with E-state index < -0.39 is 5.97 Å². The smallest absolute Gasteiger partial charge is 0.337 e. The number of nitrogens with zero attached hydrogens (tertiary/aromatic N) is 1. The van der Waals surface area contributed by atoms with E-state index in [4.69, 9.17) is 0 Å². The summed E-state index contributed by atoms with van der Waals surface area (Å²) in [5, 5.41) is 2.73. The van der Waals surface area contributed by atoms with Crippen molar-refractivity contribution in [2.45, 2.75) is 26.3 Å². The number of carbonyl (C=O) groups is 2. The SMILES string of the molecule is CCCC(=O)NCc1cc(C(=O)OC)ccn1. The van der Waals surface area contributed by atoms with Gasteiger partial charge >= 0.3 is 5.97 Å². The molecule has 5 nitrogen and oxygen atoms in total. The molecule has 0 aliphatic carbocycles. The van der Waals surface area contributed by atoms with E-state index >= 15 is 0 Å². The largest absolute Gasteiger partial charge is 0.465 e. The van der Waals surface area contributed by atoms with Gasteiger partial charge in [-0.2, -0.15) is 0 Å². The number of rotatable bonds is 5. The van der Waals surface area contributed by atoms with Gasteiger partial charge in [0.05, 0.1) is 24.9 Å². The van der Waals surface area contributed by atoms with Crippen LogP contribution in [0, 0.1) is 0 Å². The second kappa shape index (κ2) is 6.62. The Morgan fingerprint density at radius 3 is 2.88 bits per heavy atom. The molecule has 1 N–H and O–H groups in total. The van der Waals surface area contributed by atoms with Crippen LogP contribution in [0.15, 0.2) is 18.3 Å². The molecule has 0 aliphatic heterocycles. The van der Waals surface area contributed by atoms with E-state index in [-0.39, 0.29) is 5.91 Å². The molecule has 1 rings (SSSR count). The summed E-state index contributed by atoms with van der Waals surface area (Å²) in [4.78, 5) is 26.6. The first-order chi connectivity index (χ1) is 8.17. The van der Waals surface area contributed by atoms with Crippen LogP contribution in [0.3, 0.4) is 0 Å². The topological polar surface area (TPSA) is 68.3 Å². The van der Waals surface area contributed by atoms with Gasteiger partial charge in [-0.25, -0.2) is 4.79 Å². The van der Waals surface area contributed by atoms with Crippen molar-refractivity contribution in [3.8, 4) is 0 Å². The molecule has 1 heterocycles. The Bertz CT molecular complexity index is 404. The third-order valence-electron chi connectivity index (χ3n) is 2.18. The number of aromatic nitrogens is 1. The first kappa shape index (κ1) is 13.2. The lowest BCUT2D eigenvalue weighted by Crippen LogP contribution is -2.22. The summed E-state index contributed by atoms with van der Waals surface area (Å²) < 4.78 is 4.60. The van der Waals surface area contributed by atoms with Crippen molar-refractivity contribution in [1.82, 2.24) is 10.3 Å². The first-order valence-corrected chi connectivity index (χ1v) is 5.47. The molecule has 0 fully saturated rings. The Balaban J connectivity index is 2.60. The normalized spacial score (nSPS) is 9.76. The molecule has 0 saturated heterocycles. The maximum absolute atomic E-state index is 11.3. The number of nitrogens with one attached hydrogen (secondary N) is 1. The fourth-order valence-corrected chi connectivity index (χ4v) is 1.32. The van der Waals surface area contributed by atoms with Crippen LogP contribution in [0.25, 0.3) is 0 Å². The zero-order chi connectivity index (χ0) is 12.7. The zero-order valence-corrected chi connectivity index (χ0v) is 10.0. The van der Waals surface area contributed by atoms with Gasteiger partial charge in [-0.1, -0.05) is 6.92 Å². The Labute approximate surface area is 100 Å². The van der Waals surface area contributed by atoms with E-state index in [2.05, 4.69) is 15.0 Å². The Hall–Kier alpha value is -1.91.